The molecule has 9 heteroatoms. The first kappa shape index (κ1) is 14.3. The van der Waals surface area contributed by atoms with Gasteiger partial charge in [-0.2, -0.15) is 0 Å². The molecule has 1 fully saturated rings. The lowest BCUT2D eigenvalue weighted by Crippen LogP contribution is -2.72. The fourth-order valence-electron chi connectivity index (χ4n) is 1.58. The third kappa shape index (κ3) is 2.26. The number of esters is 1. The van der Waals surface area contributed by atoms with Gasteiger partial charge in [0.05, 0.1) is 6.54 Å². The molecule has 1 saturated carbocycles. The summed E-state index contributed by atoms with van der Waals surface area (Å²) >= 11 is 0. The summed E-state index contributed by atoms with van der Waals surface area (Å²) in [6.45, 7) is -0.642. The molecule has 0 spiro atoms. The topological polar surface area (TPSA) is 174 Å². The molecule has 0 amide bonds. The molecule has 0 aliphatic heterocycles. The van der Waals surface area contributed by atoms with E-state index in [4.69, 9.17) is 5.73 Å². The Morgan fingerprint density at radius 2 is 1.47 bits per heavy atom. The summed E-state index contributed by atoms with van der Waals surface area (Å²) in [5.41, 5.74) is 4.91. The lowest BCUT2D eigenvalue weighted by molar-refractivity contribution is -0.347. The summed E-state index contributed by atoms with van der Waals surface area (Å²) in [6.07, 6.45) is -10.3. The number of nitrogens with two attached hydrogens (primary N) is 1. The number of carbonyl (C=O) groups is 1. The standard InChI is InChI=1S/C8H15NO8/c9-1-2(10)17-8(16)6(14)4(12)3(11)5(13)7(8)15/h3-7,11-16H,1,9H2/t3-,4-,5+,6-,7-,8-/m1/s1. The molecule has 6 atom stereocenters. The van der Waals surface area contributed by atoms with Gasteiger partial charge < -0.3 is 41.1 Å². The molecule has 0 bridgehead atoms. The highest BCUT2D eigenvalue weighted by Gasteiger charge is 2.60. The van der Waals surface area contributed by atoms with E-state index in [1.165, 1.54) is 0 Å². The minimum Gasteiger partial charge on any atom is -0.426 e. The molecule has 0 aromatic carbocycles. The van der Waals surface area contributed by atoms with Gasteiger partial charge in [-0.3, -0.25) is 4.79 Å². The number of aliphatic hydroxyl groups excluding tert-OH is 5. The number of hydrogen-bond donors (Lipinski definition) is 7. The van der Waals surface area contributed by atoms with Crippen LogP contribution in [0.25, 0.3) is 0 Å². The molecule has 0 radical (unpaired) electrons. The van der Waals surface area contributed by atoms with Crippen molar-refractivity contribution in [1.82, 2.24) is 0 Å². The van der Waals surface area contributed by atoms with Crippen LogP contribution in [0.1, 0.15) is 0 Å². The molecule has 0 aromatic heterocycles. The normalized spacial score (nSPS) is 46.6. The van der Waals surface area contributed by atoms with Crippen molar-refractivity contribution in [2.45, 2.75) is 36.3 Å². The highest BCUT2D eigenvalue weighted by atomic mass is 16.7. The first-order chi connectivity index (χ1) is 7.75. The summed E-state index contributed by atoms with van der Waals surface area (Å²) in [5, 5.41) is 56.5. The van der Waals surface area contributed by atoms with Gasteiger partial charge in [-0.25, -0.2) is 0 Å². The lowest BCUT2D eigenvalue weighted by Gasteiger charge is -2.46. The third-order valence-corrected chi connectivity index (χ3v) is 2.64. The van der Waals surface area contributed by atoms with Crippen LogP contribution < -0.4 is 5.73 Å². The Hall–Kier alpha value is -0.810. The summed E-state index contributed by atoms with van der Waals surface area (Å²) in [6, 6.07) is 0. The minimum absolute atomic E-state index is 0.642. The van der Waals surface area contributed by atoms with Crippen molar-refractivity contribution in [2.75, 3.05) is 6.54 Å². The van der Waals surface area contributed by atoms with Crippen LogP contribution in [0.5, 0.6) is 0 Å². The zero-order valence-corrected chi connectivity index (χ0v) is 8.67. The van der Waals surface area contributed by atoms with E-state index in [1.54, 1.807) is 0 Å². The van der Waals surface area contributed by atoms with Crippen LogP contribution in [-0.2, 0) is 9.53 Å². The Bertz CT molecular complexity index is 281. The maximum atomic E-state index is 10.9. The number of rotatable bonds is 2. The fraction of sp³-hybridized carbons (Fsp3) is 0.875. The summed E-state index contributed by atoms with van der Waals surface area (Å²) in [5.74, 6) is -4.10. The van der Waals surface area contributed by atoms with Gasteiger partial charge in [0.1, 0.15) is 18.3 Å². The van der Waals surface area contributed by atoms with Gasteiger partial charge in [0.25, 0.3) is 5.79 Å². The Morgan fingerprint density at radius 1 is 1.06 bits per heavy atom. The monoisotopic (exact) mass is 253 g/mol. The molecule has 0 aromatic rings. The highest BCUT2D eigenvalue weighted by molar-refractivity contribution is 5.71. The van der Waals surface area contributed by atoms with E-state index in [-0.39, 0.29) is 0 Å². The van der Waals surface area contributed by atoms with Crippen LogP contribution in [0.3, 0.4) is 0 Å². The smallest absolute Gasteiger partial charge is 0.322 e. The quantitative estimate of drug-likeness (QED) is 0.188. The predicted molar refractivity (Wildman–Crippen MR) is 50.1 cm³/mol. The minimum atomic E-state index is -2.94. The van der Waals surface area contributed by atoms with Crippen LogP contribution in [0.2, 0.25) is 0 Å². The molecule has 17 heavy (non-hydrogen) atoms. The second-order valence-corrected chi connectivity index (χ2v) is 3.79. The zero-order valence-electron chi connectivity index (χ0n) is 8.67. The highest BCUT2D eigenvalue weighted by Crippen LogP contribution is 2.31. The molecule has 1 aliphatic rings. The van der Waals surface area contributed by atoms with Crippen LogP contribution >= 0.6 is 0 Å². The van der Waals surface area contributed by atoms with Gasteiger partial charge in [0, 0.05) is 0 Å². The van der Waals surface area contributed by atoms with E-state index in [0.717, 1.165) is 0 Å². The van der Waals surface area contributed by atoms with E-state index < -0.39 is 48.8 Å². The summed E-state index contributed by atoms with van der Waals surface area (Å²) in [4.78, 5) is 10.9. The predicted octanol–water partition coefficient (Wildman–Crippen LogP) is -5.00. The average molecular weight is 253 g/mol. The maximum absolute atomic E-state index is 10.9. The van der Waals surface area contributed by atoms with Crippen molar-refractivity contribution < 1.29 is 40.2 Å². The first-order valence-electron chi connectivity index (χ1n) is 4.80. The first-order valence-corrected chi connectivity index (χ1v) is 4.80. The zero-order chi connectivity index (χ0) is 13.4. The molecule has 0 heterocycles. The van der Waals surface area contributed by atoms with Crippen molar-refractivity contribution in [3.8, 4) is 0 Å². The fourth-order valence-corrected chi connectivity index (χ4v) is 1.58. The van der Waals surface area contributed by atoms with Gasteiger partial charge in [-0.05, 0) is 0 Å². The maximum Gasteiger partial charge on any atom is 0.322 e. The number of aliphatic hydroxyl groups is 6. The summed E-state index contributed by atoms with van der Waals surface area (Å²) in [7, 11) is 0. The molecule has 9 nitrogen and oxygen atoms in total. The molecule has 1 aliphatic carbocycles. The van der Waals surface area contributed by atoms with Gasteiger partial charge in [0.2, 0.25) is 0 Å². The molecule has 8 N–H and O–H groups in total. The Kier molecular flexibility index (Phi) is 4.04. The van der Waals surface area contributed by atoms with E-state index >= 15 is 0 Å². The Morgan fingerprint density at radius 3 is 1.82 bits per heavy atom. The van der Waals surface area contributed by atoms with Crippen LogP contribution in [-0.4, -0.2) is 79.5 Å². The molecular formula is C8H15NO8. The molecular weight excluding hydrogens is 238 g/mol. The van der Waals surface area contributed by atoms with E-state index in [9.17, 15) is 35.4 Å². The Balaban J connectivity index is 2.99. The molecule has 1 rings (SSSR count). The average Bonchev–Trinajstić information content (AvgIpc) is 2.32. The lowest BCUT2D eigenvalue weighted by atomic mass is 9.82. The molecule has 0 unspecified atom stereocenters. The van der Waals surface area contributed by atoms with Crippen LogP contribution in [0, 0.1) is 0 Å². The number of hydrogen-bond acceptors (Lipinski definition) is 9. The van der Waals surface area contributed by atoms with Crippen molar-refractivity contribution in [3.63, 3.8) is 0 Å². The van der Waals surface area contributed by atoms with Crippen molar-refractivity contribution in [3.05, 3.63) is 0 Å². The van der Waals surface area contributed by atoms with Gasteiger partial charge in [-0.15, -0.1) is 0 Å². The van der Waals surface area contributed by atoms with Crippen molar-refractivity contribution in [2.24, 2.45) is 5.73 Å². The number of ether oxygens (including phenoxy) is 1. The largest absolute Gasteiger partial charge is 0.426 e. The Labute approximate surface area is 95.7 Å². The number of carbonyl (C=O) groups excluding carboxylic acids is 1. The second-order valence-electron chi connectivity index (χ2n) is 3.79. The van der Waals surface area contributed by atoms with Crippen LogP contribution in [0.4, 0.5) is 0 Å². The van der Waals surface area contributed by atoms with E-state index in [0.29, 0.717) is 0 Å². The summed E-state index contributed by atoms with van der Waals surface area (Å²) < 4.78 is 4.30. The van der Waals surface area contributed by atoms with Gasteiger partial charge in [-0.1, -0.05) is 0 Å². The van der Waals surface area contributed by atoms with Crippen molar-refractivity contribution >= 4 is 5.97 Å². The van der Waals surface area contributed by atoms with Crippen LogP contribution in [0.15, 0.2) is 0 Å². The van der Waals surface area contributed by atoms with E-state index in [1.807, 2.05) is 0 Å². The van der Waals surface area contributed by atoms with E-state index in [2.05, 4.69) is 4.74 Å². The SMILES string of the molecule is NCC(=O)O[C@]1(O)[C@H](O)[C@H](O)[C@@H](O)[C@H](O)[C@H]1O. The molecule has 100 valence electrons. The second kappa shape index (κ2) is 4.82. The van der Waals surface area contributed by atoms with Gasteiger partial charge in [0.15, 0.2) is 12.2 Å². The van der Waals surface area contributed by atoms with Gasteiger partial charge >= 0.3 is 5.97 Å². The third-order valence-electron chi connectivity index (χ3n) is 2.64. The molecule has 0 saturated heterocycles. The van der Waals surface area contributed by atoms with Crippen molar-refractivity contribution in [1.29, 1.82) is 0 Å².